The van der Waals surface area contributed by atoms with Crippen LogP contribution in [0, 0.1) is 11.6 Å². The van der Waals surface area contributed by atoms with E-state index in [2.05, 4.69) is 4.84 Å². The van der Waals surface area contributed by atoms with Gasteiger partial charge in [0.2, 0.25) is 0 Å². The Balaban J connectivity index is 2.91. The zero-order valence-corrected chi connectivity index (χ0v) is 8.43. The molecule has 2 N–H and O–H groups in total. The third-order valence-corrected chi connectivity index (χ3v) is 1.96. The fourth-order valence-electron chi connectivity index (χ4n) is 1.31. The first kappa shape index (κ1) is 12.0. The molecule has 0 heterocycles. The largest absolute Gasteiger partial charge is 0.380 e. The molecular weight excluding hydrogens is 204 g/mol. The molecule has 0 atom stereocenters. The highest BCUT2D eigenvalue weighted by Gasteiger charge is 2.10. The second kappa shape index (κ2) is 5.75. The number of ether oxygens (including phenoxy) is 1. The molecule has 84 valence electrons. The molecule has 0 aliphatic rings. The number of halogens is 2. The van der Waals surface area contributed by atoms with E-state index >= 15 is 0 Å². The lowest BCUT2D eigenvalue weighted by molar-refractivity contribution is 0.140. The van der Waals surface area contributed by atoms with Gasteiger partial charge in [-0.1, -0.05) is 6.07 Å². The highest BCUT2D eigenvalue weighted by molar-refractivity contribution is 5.26. The van der Waals surface area contributed by atoms with Crippen LogP contribution in [0.2, 0.25) is 0 Å². The van der Waals surface area contributed by atoms with E-state index in [9.17, 15) is 8.78 Å². The molecule has 0 aliphatic carbocycles. The van der Waals surface area contributed by atoms with Crippen molar-refractivity contribution in [2.75, 3.05) is 13.7 Å². The highest BCUT2D eigenvalue weighted by Crippen LogP contribution is 2.16. The average Bonchev–Trinajstić information content (AvgIpc) is 2.21. The van der Waals surface area contributed by atoms with E-state index in [1.807, 2.05) is 0 Å². The summed E-state index contributed by atoms with van der Waals surface area (Å²) in [6, 6.07) is 2.66. The molecule has 0 unspecified atom stereocenters. The number of rotatable bonds is 5. The monoisotopic (exact) mass is 217 g/mol. The molecule has 0 aromatic heterocycles. The van der Waals surface area contributed by atoms with E-state index in [4.69, 9.17) is 10.6 Å². The van der Waals surface area contributed by atoms with Crippen LogP contribution in [0.5, 0.6) is 0 Å². The number of methoxy groups -OCH3 is 1. The lowest BCUT2D eigenvalue weighted by Gasteiger charge is -2.07. The molecule has 3 nitrogen and oxygen atoms in total. The first-order chi connectivity index (χ1) is 7.19. The minimum Gasteiger partial charge on any atom is -0.380 e. The predicted octanol–water partition coefficient (Wildman–Crippen LogP) is 1.54. The minimum absolute atomic E-state index is 0.146. The normalized spacial score (nSPS) is 10.7. The maximum atomic E-state index is 13.2. The van der Waals surface area contributed by atoms with Crippen molar-refractivity contribution in [1.29, 1.82) is 0 Å². The molecule has 0 amide bonds. The van der Waals surface area contributed by atoms with E-state index in [1.54, 1.807) is 6.07 Å². The van der Waals surface area contributed by atoms with Crippen LogP contribution in [0.15, 0.2) is 12.1 Å². The van der Waals surface area contributed by atoms with Crippen LogP contribution >= 0.6 is 0 Å². The smallest absolute Gasteiger partial charge is 0.162 e. The highest BCUT2D eigenvalue weighted by atomic mass is 19.2. The minimum atomic E-state index is -0.878. The standard InChI is InChI=1S/C10H13F2NO2/c1-14-6-7-4-8(2-3-15-13)10(12)9(11)5-7/h4-5H,2-3,6,13H2,1H3. The molecule has 1 aromatic carbocycles. The van der Waals surface area contributed by atoms with Gasteiger partial charge in [-0.2, -0.15) is 0 Å². The molecule has 0 saturated heterocycles. The van der Waals surface area contributed by atoms with Crippen molar-refractivity contribution >= 4 is 0 Å². The van der Waals surface area contributed by atoms with Gasteiger partial charge in [0.05, 0.1) is 13.2 Å². The summed E-state index contributed by atoms with van der Waals surface area (Å²) >= 11 is 0. The quantitative estimate of drug-likeness (QED) is 0.761. The first-order valence-electron chi connectivity index (χ1n) is 4.46. The van der Waals surface area contributed by atoms with Gasteiger partial charge >= 0.3 is 0 Å². The van der Waals surface area contributed by atoms with Crippen LogP contribution < -0.4 is 5.90 Å². The third-order valence-electron chi connectivity index (χ3n) is 1.96. The summed E-state index contributed by atoms with van der Waals surface area (Å²) in [4.78, 5) is 4.32. The second-order valence-electron chi connectivity index (χ2n) is 3.10. The van der Waals surface area contributed by atoms with Crippen LogP contribution in [-0.4, -0.2) is 13.7 Å². The number of benzene rings is 1. The van der Waals surface area contributed by atoms with E-state index in [0.717, 1.165) is 6.07 Å². The van der Waals surface area contributed by atoms with Crippen LogP contribution in [0.3, 0.4) is 0 Å². The molecule has 0 aliphatic heterocycles. The molecule has 15 heavy (non-hydrogen) atoms. The summed E-state index contributed by atoms with van der Waals surface area (Å²) in [5, 5.41) is 0. The van der Waals surface area contributed by atoms with Gasteiger partial charge in [-0.25, -0.2) is 14.7 Å². The zero-order chi connectivity index (χ0) is 11.3. The number of nitrogens with two attached hydrogens (primary N) is 1. The zero-order valence-electron chi connectivity index (χ0n) is 8.43. The van der Waals surface area contributed by atoms with E-state index < -0.39 is 11.6 Å². The Labute approximate surface area is 86.7 Å². The molecule has 5 heteroatoms. The van der Waals surface area contributed by atoms with Gasteiger partial charge in [0, 0.05) is 13.5 Å². The van der Waals surface area contributed by atoms with Crippen molar-refractivity contribution in [3.8, 4) is 0 Å². The van der Waals surface area contributed by atoms with Gasteiger partial charge in [0.1, 0.15) is 0 Å². The van der Waals surface area contributed by atoms with Crippen molar-refractivity contribution in [3.05, 3.63) is 34.9 Å². The lowest BCUT2D eigenvalue weighted by Crippen LogP contribution is -2.07. The molecule has 0 saturated carbocycles. The van der Waals surface area contributed by atoms with Crippen molar-refractivity contribution in [2.24, 2.45) is 5.90 Å². The summed E-state index contributed by atoms with van der Waals surface area (Å²) in [6.45, 7) is 0.389. The molecule has 0 spiro atoms. The van der Waals surface area contributed by atoms with Crippen molar-refractivity contribution < 1.29 is 18.4 Å². The van der Waals surface area contributed by atoms with Gasteiger partial charge in [-0.3, -0.25) is 0 Å². The maximum Gasteiger partial charge on any atom is 0.162 e. The predicted molar refractivity (Wildman–Crippen MR) is 50.9 cm³/mol. The Morgan fingerprint density at radius 2 is 2.07 bits per heavy atom. The van der Waals surface area contributed by atoms with Crippen LogP contribution in [0.4, 0.5) is 8.78 Å². The van der Waals surface area contributed by atoms with E-state index in [-0.39, 0.29) is 25.2 Å². The summed E-state index contributed by atoms with van der Waals surface area (Å²) in [6.07, 6.45) is 0.233. The maximum absolute atomic E-state index is 13.2. The lowest BCUT2D eigenvalue weighted by atomic mass is 10.1. The van der Waals surface area contributed by atoms with Crippen LogP contribution in [0.1, 0.15) is 11.1 Å². The summed E-state index contributed by atoms with van der Waals surface area (Å²) < 4.78 is 31.2. The molecule has 0 bridgehead atoms. The topological polar surface area (TPSA) is 44.5 Å². The first-order valence-corrected chi connectivity index (χ1v) is 4.46. The van der Waals surface area contributed by atoms with E-state index in [1.165, 1.54) is 7.11 Å². The Morgan fingerprint density at radius 3 is 2.67 bits per heavy atom. The second-order valence-corrected chi connectivity index (χ2v) is 3.10. The average molecular weight is 217 g/mol. The van der Waals surface area contributed by atoms with Gasteiger partial charge in [0.25, 0.3) is 0 Å². The molecular formula is C10H13F2NO2. The number of hydrogen-bond donors (Lipinski definition) is 1. The third kappa shape index (κ3) is 3.23. The Morgan fingerprint density at radius 1 is 1.33 bits per heavy atom. The molecule has 0 radical (unpaired) electrons. The summed E-state index contributed by atoms with van der Waals surface area (Å²) in [7, 11) is 1.49. The molecule has 1 rings (SSSR count). The molecule has 0 fully saturated rings. The fraction of sp³-hybridized carbons (Fsp3) is 0.400. The van der Waals surface area contributed by atoms with Crippen molar-refractivity contribution in [1.82, 2.24) is 0 Å². The summed E-state index contributed by atoms with van der Waals surface area (Å²) in [5.41, 5.74) is 0.830. The molecule has 1 aromatic rings. The van der Waals surface area contributed by atoms with Crippen molar-refractivity contribution in [3.63, 3.8) is 0 Å². The fourth-order valence-corrected chi connectivity index (χ4v) is 1.31. The van der Waals surface area contributed by atoms with Crippen LogP contribution in [0.25, 0.3) is 0 Å². The van der Waals surface area contributed by atoms with Gasteiger partial charge < -0.3 is 9.57 Å². The summed E-state index contributed by atoms with van der Waals surface area (Å²) in [5.74, 6) is 3.09. The Hall–Kier alpha value is -1.04. The van der Waals surface area contributed by atoms with Gasteiger partial charge in [0.15, 0.2) is 11.6 Å². The van der Waals surface area contributed by atoms with Gasteiger partial charge in [-0.05, 0) is 17.2 Å². The Bertz CT molecular complexity index is 331. The van der Waals surface area contributed by atoms with Crippen LogP contribution in [-0.2, 0) is 22.6 Å². The number of hydrogen-bond acceptors (Lipinski definition) is 3. The van der Waals surface area contributed by atoms with E-state index in [0.29, 0.717) is 5.56 Å². The Kier molecular flexibility index (Phi) is 4.61. The van der Waals surface area contributed by atoms with Gasteiger partial charge in [-0.15, -0.1) is 0 Å². The van der Waals surface area contributed by atoms with Crippen molar-refractivity contribution in [2.45, 2.75) is 13.0 Å². The SMILES string of the molecule is COCc1cc(F)c(F)c(CCON)c1.